The van der Waals surface area contributed by atoms with Crippen molar-refractivity contribution in [2.24, 2.45) is 5.73 Å². The fourth-order valence-electron chi connectivity index (χ4n) is 2.01. The van der Waals surface area contributed by atoms with E-state index in [1.54, 1.807) is 31.2 Å². The maximum absolute atomic E-state index is 13.8. The smallest absolute Gasteiger partial charge is 0.127 e. The van der Waals surface area contributed by atoms with Crippen molar-refractivity contribution < 1.29 is 8.78 Å². The average Bonchev–Trinajstić information content (AvgIpc) is 2.33. The number of nitrogens with two attached hydrogens (primary N) is 1. The molecular formula is C15H14BrF2N. The molecule has 1 nitrogen and oxygen atoms in total. The van der Waals surface area contributed by atoms with Gasteiger partial charge in [-0.05, 0) is 48.7 Å². The SMILES string of the molecule is CC(N)(Cc1ccc(Br)cc1F)c1cccc(F)c1. The number of hydrogen-bond acceptors (Lipinski definition) is 1. The predicted molar refractivity (Wildman–Crippen MR) is 75.7 cm³/mol. The molecule has 0 fully saturated rings. The first-order valence-corrected chi connectivity index (χ1v) is 6.67. The Bertz CT molecular complexity index is 596. The molecule has 19 heavy (non-hydrogen) atoms. The van der Waals surface area contributed by atoms with Gasteiger partial charge in [0.2, 0.25) is 0 Å². The van der Waals surface area contributed by atoms with Gasteiger partial charge in [0.1, 0.15) is 11.6 Å². The minimum Gasteiger partial charge on any atom is -0.321 e. The molecule has 0 saturated heterocycles. The maximum Gasteiger partial charge on any atom is 0.127 e. The van der Waals surface area contributed by atoms with E-state index < -0.39 is 5.54 Å². The minimum atomic E-state index is -0.823. The summed E-state index contributed by atoms with van der Waals surface area (Å²) in [6, 6.07) is 10.9. The minimum absolute atomic E-state index is 0.301. The third kappa shape index (κ3) is 3.39. The van der Waals surface area contributed by atoms with Crippen molar-refractivity contribution in [2.75, 3.05) is 0 Å². The van der Waals surface area contributed by atoms with Gasteiger partial charge in [-0.15, -0.1) is 0 Å². The van der Waals surface area contributed by atoms with Crippen LogP contribution in [0.3, 0.4) is 0 Å². The van der Waals surface area contributed by atoms with Gasteiger partial charge in [-0.25, -0.2) is 8.78 Å². The van der Waals surface area contributed by atoms with Crippen LogP contribution in [-0.4, -0.2) is 0 Å². The largest absolute Gasteiger partial charge is 0.321 e. The molecule has 0 aliphatic heterocycles. The van der Waals surface area contributed by atoms with Crippen molar-refractivity contribution in [3.05, 3.63) is 69.7 Å². The lowest BCUT2D eigenvalue weighted by atomic mass is 9.86. The molecule has 100 valence electrons. The zero-order chi connectivity index (χ0) is 14.0. The standard InChI is InChI=1S/C15H14BrF2N/c1-15(19,11-3-2-4-13(17)7-11)9-10-5-6-12(16)8-14(10)18/h2-8H,9,19H2,1H3. The molecule has 0 bridgehead atoms. The normalized spacial score (nSPS) is 14.2. The fourth-order valence-corrected chi connectivity index (χ4v) is 2.34. The van der Waals surface area contributed by atoms with Crippen LogP contribution in [0.25, 0.3) is 0 Å². The van der Waals surface area contributed by atoms with Crippen LogP contribution in [0.5, 0.6) is 0 Å². The second kappa shape index (κ2) is 5.39. The summed E-state index contributed by atoms with van der Waals surface area (Å²) in [5.74, 6) is -0.659. The summed E-state index contributed by atoms with van der Waals surface area (Å²) in [6.07, 6.45) is 0.301. The molecule has 2 aromatic rings. The Kier molecular flexibility index (Phi) is 4.02. The predicted octanol–water partition coefficient (Wildman–Crippen LogP) is 4.14. The van der Waals surface area contributed by atoms with E-state index in [1.807, 2.05) is 0 Å². The molecule has 1 unspecified atom stereocenters. The van der Waals surface area contributed by atoms with Gasteiger partial charge in [0.15, 0.2) is 0 Å². The first kappa shape index (κ1) is 14.2. The lowest BCUT2D eigenvalue weighted by molar-refractivity contribution is 0.471. The molecular weight excluding hydrogens is 312 g/mol. The highest BCUT2D eigenvalue weighted by Gasteiger charge is 2.23. The van der Waals surface area contributed by atoms with Gasteiger partial charge in [0.25, 0.3) is 0 Å². The summed E-state index contributed by atoms with van der Waals surface area (Å²) in [5.41, 5.74) is 6.54. The van der Waals surface area contributed by atoms with Crippen LogP contribution in [0.2, 0.25) is 0 Å². The summed E-state index contributed by atoms with van der Waals surface area (Å²) in [5, 5.41) is 0. The lowest BCUT2D eigenvalue weighted by Gasteiger charge is -2.25. The molecule has 0 saturated carbocycles. The first-order valence-electron chi connectivity index (χ1n) is 5.87. The van der Waals surface area contributed by atoms with Crippen LogP contribution in [0.1, 0.15) is 18.1 Å². The highest BCUT2D eigenvalue weighted by Crippen LogP contribution is 2.26. The van der Waals surface area contributed by atoms with E-state index in [0.29, 0.717) is 22.0 Å². The molecule has 4 heteroatoms. The van der Waals surface area contributed by atoms with Crippen molar-refractivity contribution in [1.82, 2.24) is 0 Å². The van der Waals surface area contributed by atoms with Crippen LogP contribution in [-0.2, 0) is 12.0 Å². The van der Waals surface area contributed by atoms with Gasteiger partial charge >= 0.3 is 0 Å². The first-order chi connectivity index (χ1) is 8.88. The van der Waals surface area contributed by atoms with Crippen molar-refractivity contribution in [3.63, 3.8) is 0 Å². The van der Waals surface area contributed by atoms with Crippen molar-refractivity contribution in [1.29, 1.82) is 0 Å². The number of hydrogen-bond donors (Lipinski definition) is 1. The molecule has 0 aromatic heterocycles. The Morgan fingerprint density at radius 3 is 2.53 bits per heavy atom. The maximum atomic E-state index is 13.8. The fraction of sp³-hybridized carbons (Fsp3) is 0.200. The molecule has 2 rings (SSSR count). The molecule has 2 aromatic carbocycles. The number of benzene rings is 2. The molecule has 2 N–H and O–H groups in total. The average molecular weight is 326 g/mol. The van der Waals surface area contributed by atoms with Gasteiger partial charge in [-0.3, -0.25) is 0 Å². The Labute approximate surface area is 119 Å². The second-order valence-corrected chi connectivity index (χ2v) is 5.76. The summed E-state index contributed by atoms with van der Waals surface area (Å²) < 4.78 is 27.7. The Morgan fingerprint density at radius 2 is 1.89 bits per heavy atom. The van der Waals surface area contributed by atoms with Crippen LogP contribution >= 0.6 is 15.9 Å². The number of halogens is 3. The highest BCUT2D eigenvalue weighted by atomic mass is 79.9. The quantitative estimate of drug-likeness (QED) is 0.901. The molecule has 0 aliphatic rings. The van der Waals surface area contributed by atoms with Crippen LogP contribution in [0.4, 0.5) is 8.78 Å². The van der Waals surface area contributed by atoms with Gasteiger partial charge < -0.3 is 5.73 Å². The van der Waals surface area contributed by atoms with Gasteiger partial charge in [0.05, 0.1) is 0 Å². The summed E-state index contributed by atoms with van der Waals surface area (Å²) in [7, 11) is 0. The van der Waals surface area contributed by atoms with Gasteiger partial charge in [0, 0.05) is 10.0 Å². The Morgan fingerprint density at radius 1 is 1.16 bits per heavy atom. The molecule has 0 amide bonds. The summed E-state index contributed by atoms with van der Waals surface area (Å²) >= 11 is 3.21. The van der Waals surface area contributed by atoms with Gasteiger partial charge in [-0.1, -0.05) is 34.1 Å². The summed E-state index contributed by atoms with van der Waals surface area (Å²) in [4.78, 5) is 0. The Hall–Kier alpha value is -1.26. The van der Waals surface area contributed by atoms with Gasteiger partial charge in [-0.2, -0.15) is 0 Å². The van der Waals surface area contributed by atoms with Crippen LogP contribution < -0.4 is 5.73 Å². The molecule has 0 heterocycles. The van der Waals surface area contributed by atoms with E-state index >= 15 is 0 Å². The molecule has 0 aliphatic carbocycles. The van der Waals surface area contributed by atoms with Crippen molar-refractivity contribution >= 4 is 15.9 Å². The Balaban J connectivity index is 2.30. The van der Waals surface area contributed by atoms with Crippen molar-refractivity contribution in [2.45, 2.75) is 18.9 Å². The van der Waals surface area contributed by atoms with Crippen LogP contribution in [0, 0.1) is 11.6 Å². The zero-order valence-electron chi connectivity index (χ0n) is 10.5. The van der Waals surface area contributed by atoms with E-state index in [4.69, 9.17) is 5.73 Å². The van der Waals surface area contributed by atoms with E-state index in [1.165, 1.54) is 18.2 Å². The third-order valence-corrected chi connectivity index (χ3v) is 3.55. The van der Waals surface area contributed by atoms with E-state index in [9.17, 15) is 8.78 Å². The topological polar surface area (TPSA) is 26.0 Å². The summed E-state index contributed by atoms with van der Waals surface area (Å²) in [6.45, 7) is 1.77. The third-order valence-electron chi connectivity index (χ3n) is 3.06. The molecule has 0 radical (unpaired) electrons. The molecule has 1 atom stereocenters. The molecule has 0 spiro atoms. The van der Waals surface area contributed by atoms with Crippen molar-refractivity contribution in [3.8, 4) is 0 Å². The van der Waals surface area contributed by atoms with E-state index in [2.05, 4.69) is 15.9 Å². The van der Waals surface area contributed by atoms with E-state index in [-0.39, 0.29) is 11.6 Å². The monoisotopic (exact) mass is 325 g/mol. The van der Waals surface area contributed by atoms with E-state index in [0.717, 1.165) is 0 Å². The second-order valence-electron chi connectivity index (χ2n) is 4.84. The van der Waals surface area contributed by atoms with Crippen LogP contribution in [0.15, 0.2) is 46.9 Å². The lowest BCUT2D eigenvalue weighted by Crippen LogP contribution is -2.35. The number of rotatable bonds is 3. The zero-order valence-corrected chi connectivity index (χ0v) is 12.0. The highest BCUT2D eigenvalue weighted by molar-refractivity contribution is 9.10.